The third-order valence-corrected chi connectivity index (χ3v) is 9.38. The van der Waals surface area contributed by atoms with Crippen LogP contribution >= 0.6 is 7.75 Å². The van der Waals surface area contributed by atoms with Crippen molar-refractivity contribution < 1.29 is 60.8 Å². The number of alkyl halides is 1. The zero-order valence-electron chi connectivity index (χ0n) is 30.3. The van der Waals surface area contributed by atoms with Gasteiger partial charge in [-0.15, -0.1) is 0 Å². The normalized spacial score (nSPS) is 20.6. The molecular formula is C37H39FN3O14P. The van der Waals surface area contributed by atoms with Crippen LogP contribution in [-0.2, 0) is 55.5 Å². The minimum Gasteiger partial charge on any atom is -0.462 e. The van der Waals surface area contributed by atoms with Gasteiger partial charge in [-0.3, -0.25) is 23.7 Å². The highest BCUT2D eigenvalue weighted by molar-refractivity contribution is 7.52. The highest BCUT2D eigenvalue weighted by Crippen LogP contribution is 2.49. The lowest BCUT2D eigenvalue weighted by Gasteiger charge is -2.29. The van der Waals surface area contributed by atoms with Crippen molar-refractivity contribution in [2.45, 2.75) is 70.4 Å². The Labute approximate surface area is 319 Å². The zero-order valence-corrected chi connectivity index (χ0v) is 31.2. The predicted molar refractivity (Wildman–Crippen MR) is 193 cm³/mol. The van der Waals surface area contributed by atoms with Gasteiger partial charge in [-0.05, 0) is 44.0 Å². The summed E-state index contributed by atoms with van der Waals surface area (Å²) < 4.78 is 75.7. The standard InChI is InChI=1S/C37H39FN3O14P/c1-24(2)51-33(43)25(3)40-56(47,55-28-17-11-6-12-18-28)50-23-37(38)31(53-36(46)49-22-27-15-9-5-10-16-27)30(32(54-37)41-20-19-29(42)39-34(41)44)52-35(45)48-21-26-13-7-4-8-14-26/h4-20,24-25,30-32H,21-23H2,1-3H3,(H,40,47)(H,39,42,44)/t25-,30+,31-,32+,37+,56?/m0/s1. The van der Waals surface area contributed by atoms with Crippen molar-refractivity contribution in [1.29, 1.82) is 0 Å². The summed E-state index contributed by atoms with van der Waals surface area (Å²) in [5.74, 6) is -4.31. The van der Waals surface area contributed by atoms with Crippen molar-refractivity contribution in [2.75, 3.05) is 6.61 Å². The van der Waals surface area contributed by atoms with Gasteiger partial charge in [0, 0.05) is 12.3 Å². The number of carbonyl (C=O) groups is 3. The molecule has 0 amide bonds. The highest BCUT2D eigenvalue weighted by Gasteiger charge is 2.63. The van der Waals surface area contributed by atoms with E-state index in [0.717, 1.165) is 12.3 Å². The number of H-pyrrole nitrogens is 1. The molecule has 0 aliphatic carbocycles. The number of rotatable bonds is 16. The molecule has 1 aliphatic rings. The Morgan fingerprint density at radius 2 is 1.41 bits per heavy atom. The van der Waals surface area contributed by atoms with E-state index in [2.05, 4.69) is 5.09 Å². The first kappa shape index (κ1) is 41.4. The predicted octanol–water partition coefficient (Wildman–Crippen LogP) is 5.31. The van der Waals surface area contributed by atoms with Crippen LogP contribution in [0.25, 0.3) is 0 Å². The van der Waals surface area contributed by atoms with Crippen LogP contribution < -0.4 is 20.9 Å². The molecule has 298 valence electrons. The lowest BCUT2D eigenvalue weighted by atomic mass is 10.1. The Hall–Kier alpha value is -5.81. The number of aromatic amines is 1. The van der Waals surface area contributed by atoms with E-state index in [1.54, 1.807) is 92.7 Å². The monoisotopic (exact) mass is 799 g/mol. The minimum atomic E-state index is -4.79. The first-order chi connectivity index (χ1) is 26.7. The molecule has 0 radical (unpaired) electrons. The number of nitrogens with zero attached hydrogens (tertiary/aromatic N) is 1. The maximum absolute atomic E-state index is 17.5. The van der Waals surface area contributed by atoms with Crippen molar-refractivity contribution in [3.63, 3.8) is 0 Å². The number of ether oxygens (including phenoxy) is 6. The van der Waals surface area contributed by atoms with Crippen molar-refractivity contribution in [2.24, 2.45) is 0 Å². The van der Waals surface area contributed by atoms with Gasteiger partial charge in [0.25, 0.3) is 11.4 Å². The number of carbonyl (C=O) groups excluding carboxylic acids is 3. The summed E-state index contributed by atoms with van der Waals surface area (Å²) in [6.07, 6.45) is -8.88. The van der Waals surface area contributed by atoms with Gasteiger partial charge in [0.1, 0.15) is 31.6 Å². The van der Waals surface area contributed by atoms with Crippen molar-refractivity contribution in [3.05, 3.63) is 135 Å². The molecule has 5 rings (SSSR count). The van der Waals surface area contributed by atoms with Gasteiger partial charge in [-0.25, -0.2) is 23.3 Å². The Bertz CT molecular complexity index is 2100. The van der Waals surface area contributed by atoms with Gasteiger partial charge in [-0.2, -0.15) is 5.09 Å². The molecule has 6 atom stereocenters. The van der Waals surface area contributed by atoms with E-state index in [9.17, 15) is 28.5 Å². The summed E-state index contributed by atoms with van der Waals surface area (Å²) in [4.78, 5) is 65.9. The highest BCUT2D eigenvalue weighted by atomic mass is 31.2. The molecule has 17 nitrogen and oxygen atoms in total. The van der Waals surface area contributed by atoms with Crippen LogP contribution in [0.15, 0.2) is 113 Å². The fraction of sp³-hybridized carbons (Fsp3) is 0.324. The van der Waals surface area contributed by atoms with E-state index in [0.29, 0.717) is 15.7 Å². The van der Waals surface area contributed by atoms with E-state index in [4.69, 9.17) is 37.5 Å². The van der Waals surface area contributed by atoms with E-state index in [1.165, 1.54) is 19.1 Å². The lowest BCUT2D eigenvalue weighted by molar-refractivity contribution is -0.206. The molecule has 1 aliphatic heterocycles. The molecule has 1 fully saturated rings. The smallest absolute Gasteiger partial charge is 0.462 e. The third kappa shape index (κ3) is 11.4. The first-order valence-corrected chi connectivity index (χ1v) is 18.7. The van der Waals surface area contributed by atoms with Gasteiger partial charge in [0.15, 0.2) is 12.3 Å². The maximum Gasteiger partial charge on any atom is 0.509 e. The zero-order chi connectivity index (χ0) is 40.3. The van der Waals surface area contributed by atoms with Crippen molar-refractivity contribution in [1.82, 2.24) is 14.6 Å². The molecule has 2 N–H and O–H groups in total. The van der Waals surface area contributed by atoms with Gasteiger partial charge in [0.2, 0.25) is 6.10 Å². The second-order valence-electron chi connectivity index (χ2n) is 12.5. The van der Waals surface area contributed by atoms with E-state index < -0.39 is 80.3 Å². The largest absolute Gasteiger partial charge is 0.509 e. The molecule has 1 saturated heterocycles. The number of nitrogens with one attached hydrogen (secondary N) is 2. The van der Waals surface area contributed by atoms with Gasteiger partial charge >= 0.3 is 31.7 Å². The average Bonchev–Trinajstić information content (AvgIpc) is 3.43. The maximum atomic E-state index is 17.5. The van der Waals surface area contributed by atoms with Crippen LogP contribution in [0.3, 0.4) is 0 Å². The minimum absolute atomic E-state index is 0.0228. The SMILES string of the molecule is CC(C)OC(=O)[C@H](C)NP(=O)(OC[C@@]1(F)O[C@@H](n2ccc(=O)[nH]c2=O)[C@H](OC(=O)OCc2ccccc2)[C@@H]1OC(=O)OCc1ccccc1)Oc1ccccc1. The van der Waals surface area contributed by atoms with Crippen LogP contribution in [0.2, 0.25) is 0 Å². The number of aromatic nitrogens is 2. The van der Waals surface area contributed by atoms with E-state index >= 15 is 4.39 Å². The van der Waals surface area contributed by atoms with Crippen molar-refractivity contribution >= 4 is 26.0 Å². The number of hydrogen-bond acceptors (Lipinski definition) is 14. The summed E-state index contributed by atoms with van der Waals surface area (Å²) in [5.41, 5.74) is -0.876. The molecule has 0 saturated carbocycles. The molecular weight excluding hydrogens is 760 g/mol. The quantitative estimate of drug-likeness (QED) is 0.0836. The Balaban J connectivity index is 1.49. The Kier molecular flexibility index (Phi) is 13.8. The molecule has 56 heavy (non-hydrogen) atoms. The topological polar surface area (TPSA) is 209 Å². The molecule has 3 aromatic carbocycles. The first-order valence-electron chi connectivity index (χ1n) is 17.1. The Morgan fingerprint density at radius 3 is 1.96 bits per heavy atom. The summed E-state index contributed by atoms with van der Waals surface area (Å²) >= 11 is 0. The van der Waals surface area contributed by atoms with Crippen LogP contribution in [0.4, 0.5) is 14.0 Å². The molecule has 0 bridgehead atoms. The number of benzene rings is 3. The molecule has 1 unspecified atom stereocenters. The number of halogens is 1. The molecule has 0 spiro atoms. The molecule has 2 heterocycles. The van der Waals surface area contributed by atoms with Crippen LogP contribution in [0.5, 0.6) is 5.75 Å². The third-order valence-electron chi connectivity index (χ3n) is 7.76. The Morgan fingerprint density at radius 1 is 0.857 bits per heavy atom. The lowest BCUT2D eigenvalue weighted by Crippen LogP contribution is -2.48. The second-order valence-corrected chi connectivity index (χ2v) is 14.2. The van der Waals surface area contributed by atoms with Gasteiger partial charge < -0.3 is 32.9 Å². The van der Waals surface area contributed by atoms with Crippen LogP contribution in [0.1, 0.15) is 38.1 Å². The number of esters is 1. The summed E-state index contributed by atoms with van der Waals surface area (Å²) in [7, 11) is -4.79. The summed E-state index contributed by atoms with van der Waals surface area (Å²) in [5, 5.41) is 2.40. The number of para-hydroxylation sites is 1. The van der Waals surface area contributed by atoms with Crippen molar-refractivity contribution in [3.8, 4) is 5.75 Å². The van der Waals surface area contributed by atoms with Crippen LogP contribution in [-0.4, -0.2) is 64.6 Å². The molecule has 1 aromatic heterocycles. The number of hydrogen-bond donors (Lipinski definition) is 2. The average molecular weight is 800 g/mol. The fourth-order valence-corrected chi connectivity index (χ4v) is 6.69. The molecule has 4 aromatic rings. The molecule has 19 heteroatoms. The van der Waals surface area contributed by atoms with Gasteiger partial charge in [0.05, 0.1) is 6.10 Å². The van der Waals surface area contributed by atoms with E-state index in [1.807, 2.05) is 4.98 Å². The fourth-order valence-electron chi connectivity index (χ4n) is 5.19. The second kappa shape index (κ2) is 18.7. The van der Waals surface area contributed by atoms with Crippen LogP contribution in [0, 0.1) is 0 Å². The summed E-state index contributed by atoms with van der Waals surface area (Å²) in [6, 6.07) is 23.9. The van der Waals surface area contributed by atoms with E-state index in [-0.39, 0.29) is 19.0 Å². The summed E-state index contributed by atoms with van der Waals surface area (Å²) in [6.45, 7) is 2.44. The van der Waals surface area contributed by atoms with Gasteiger partial charge in [-0.1, -0.05) is 78.9 Å².